The predicted molar refractivity (Wildman–Crippen MR) is 50.8 cm³/mol. The molecule has 0 bridgehead atoms. The van der Waals surface area contributed by atoms with Gasteiger partial charge in [-0.25, -0.2) is 0 Å². The Hall–Kier alpha value is -0.610. The lowest BCUT2D eigenvalue weighted by Gasteiger charge is -2.41. The summed E-state index contributed by atoms with van der Waals surface area (Å²) in [6.07, 6.45) is 0.241. The molecule has 4 heteroatoms. The topological polar surface area (TPSA) is 43.8 Å². The molecule has 0 spiro atoms. The molecule has 1 fully saturated rings. The average molecular weight is 186 g/mol. The summed E-state index contributed by atoms with van der Waals surface area (Å²) in [4.78, 5) is 14.9. The van der Waals surface area contributed by atoms with E-state index in [4.69, 9.17) is 5.11 Å². The van der Waals surface area contributed by atoms with Crippen molar-refractivity contribution in [3.05, 3.63) is 0 Å². The number of rotatable bonds is 2. The van der Waals surface area contributed by atoms with Crippen LogP contribution >= 0.6 is 0 Å². The number of hydrogen-bond acceptors (Lipinski definition) is 3. The molecule has 0 amide bonds. The van der Waals surface area contributed by atoms with Gasteiger partial charge in [0, 0.05) is 25.2 Å². The van der Waals surface area contributed by atoms with Crippen LogP contribution in [0.15, 0.2) is 0 Å². The van der Waals surface area contributed by atoms with Gasteiger partial charge < -0.3 is 10.0 Å². The molecular weight excluding hydrogens is 168 g/mol. The highest BCUT2D eigenvalue weighted by molar-refractivity contribution is 5.67. The average Bonchev–Trinajstić information content (AvgIpc) is 1.98. The molecule has 13 heavy (non-hydrogen) atoms. The van der Waals surface area contributed by atoms with E-state index in [0.717, 1.165) is 13.1 Å². The third kappa shape index (κ3) is 2.67. The molecule has 0 aromatic carbocycles. The van der Waals surface area contributed by atoms with Crippen LogP contribution in [-0.4, -0.2) is 60.1 Å². The number of carbonyl (C=O) groups is 1. The van der Waals surface area contributed by atoms with Gasteiger partial charge >= 0.3 is 5.97 Å². The Kier molecular flexibility index (Phi) is 3.27. The molecule has 0 unspecified atom stereocenters. The predicted octanol–water partition coefficient (Wildman–Crippen LogP) is 0.0954. The molecule has 2 atom stereocenters. The maximum atomic E-state index is 10.6. The molecule has 1 heterocycles. The van der Waals surface area contributed by atoms with Crippen LogP contribution in [0.3, 0.4) is 0 Å². The maximum absolute atomic E-state index is 10.6. The van der Waals surface area contributed by atoms with Crippen molar-refractivity contribution in [2.45, 2.75) is 25.4 Å². The Labute approximate surface area is 79.1 Å². The van der Waals surface area contributed by atoms with E-state index >= 15 is 0 Å². The smallest absolute Gasteiger partial charge is 0.304 e. The second-order valence-corrected chi connectivity index (χ2v) is 3.99. The van der Waals surface area contributed by atoms with Crippen LogP contribution in [0.25, 0.3) is 0 Å². The molecule has 0 aliphatic carbocycles. The molecule has 76 valence electrons. The first-order chi connectivity index (χ1) is 6.00. The van der Waals surface area contributed by atoms with Gasteiger partial charge in [0.2, 0.25) is 0 Å². The lowest BCUT2D eigenvalue weighted by molar-refractivity contribution is -0.139. The van der Waals surface area contributed by atoms with E-state index in [0.29, 0.717) is 6.04 Å². The van der Waals surface area contributed by atoms with E-state index in [2.05, 4.69) is 16.7 Å². The van der Waals surface area contributed by atoms with Crippen molar-refractivity contribution in [3.8, 4) is 0 Å². The van der Waals surface area contributed by atoms with E-state index in [9.17, 15) is 4.79 Å². The molecule has 0 aromatic heterocycles. The first kappa shape index (κ1) is 10.5. The highest BCUT2D eigenvalue weighted by atomic mass is 16.4. The Morgan fingerprint density at radius 1 is 1.46 bits per heavy atom. The molecule has 0 radical (unpaired) electrons. The fourth-order valence-corrected chi connectivity index (χ4v) is 1.91. The Balaban J connectivity index is 2.55. The van der Waals surface area contributed by atoms with E-state index < -0.39 is 5.97 Å². The standard InChI is InChI=1S/C9H18N2O2/c1-7-5-10(2)6-8(11(7)3)4-9(12)13/h7-8H,4-6H2,1-3H3,(H,12,13)/t7-,8+/m0/s1. The third-order valence-corrected chi connectivity index (χ3v) is 2.78. The number of nitrogens with zero attached hydrogens (tertiary/aromatic N) is 2. The van der Waals surface area contributed by atoms with Crippen LogP contribution in [0, 0.1) is 0 Å². The lowest BCUT2D eigenvalue weighted by atomic mass is 10.1. The zero-order chi connectivity index (χ0) is 10.0. The molecule has 1 aliphatic rings. The summed E-state index contributed by atoms with van der Waals surface area (Å²) in [5.74, 6) is -0.709. The minimum absolute atomic E-state index is 0.159. The van der Waals surface area contributed by atoms with Gasteiger partial charge in [-0.3, -0.25) is 9.69 Å². The van der Waals surface area contributed by atoms with Gasteiger partial charge in [-0.15, -0.1) is 0 Å². The number of carboxylic acid groups (broad SMARTS) is 1. The molecule has 1 N–H and O–H groups in total. The molecular formula is C9H18N2O2. The van der Waals surface area contributed by atoms with Gasteiger partial charge in [-0.1, -0.05) is 0 Å². The lowest BCUT2D eigenvalue weighted by Crippen LogP contribution is -2.55. The van der Waals surface area contributed by atoms with Crippen LogP contribution in [-0.2, 0) is 4.79 Å². The first-order valence-corrected chi connectivity index (χ1v) is 4.63. The summed E-state index contributed by atoms with van der Waals surface area (Å²) < 4.78 is 0. The van der Waals surface area contributed by atoms with Crippen LogP contribution in [0.2, 0.25) is 0 Å². The van der Waals surface area contributed by atoms with Gasteiger partial charge in [0.15, 0.2) is 0 Å². The summed E-state index contributed by atoms with van der Waals surface area (Å²) in [6, 6.07) is 0.606. The van der Waals surface area contributed by atoms with Gasteiger partial charge in [0.05, 0.1) is 6.42 Å². The normalized spacial score (nSPS) is 31.9. The number of carboxylic acids is 1. The van der Waals surface area contributed by atoms with Crippen LogP contribution in [0.4, 0.5) is 0 Å². The van der Waals surface area contributed by atoms with Gasteiger partial charge in [0.25, 0.3) is 0 Å². The largest absolute Gasteiger partial charge is 0.481 e. The molecule has 1 aliphatic heterocycles. The zero-order valence-corrected chi connectivity index (χ0v) is 8.53. The minimum atomic E-state index is -0.709. The van der Waals surface area contributed by atoms with Gasteiger partial charge in [0.1, 0.15) is 0 Å². The molecule has 0 aromatic rings. The zero-order valence-electron chi connectivity index (χ0n) is 8.53. The SMILES string of the molecule is C[C@H]1CN(C)C[C@@H](CC(=O)O)N1C. The van der Waals surface area contributed by atoms with Crippen molar-refractivity contribution < 1.29 is 9.90 Å². The van der Waals surface area contributed by atoms with Crippen molar-refractivity contribution >= 4 is 5.97 Å². The summed E-state index contributed by atoms with van der Waals surface area (Å²) in [5.41, 5.74) is 0. The third-order valence-electron chi connectivity index (χ3n) is 2.78. The molecule has 0 saturated carbocycles. The monoisotopic (exact) mass is 186 g/mol. The summed E-state index contributed by atoms with van der Waals surface area (Å²) in [5, 5.41) is 8.71. The summed E-state index contributed by atoms with van der Waals surface area (Å²) in [7, 11) is 4.05. The Morgan fingerprint density at radius 3 is 2.62 bits per heavy atom. The molecule has 4 nitrogen and oxygen atoms in total. The highest BCUT2D eigenvalue weighted by Gasteiger charge is 2.28. The Bertz CT molecular complexity index is 196. The Morgan fingerprint density at radius 2 is 2.08 bits per heavy atom. The van der Waals surface area contributed by atoms with Crippen LogP contribution < -0.4 is 0 Å². The number of likely N-dealkylation sites (N-methyl/N-ethyl adjacent to an activating group) is 2. The fraction of sp³-hybridized carbons (Fsp3) is 0.889. The molecule has 1 rings (SSSR count). The fourth-order valence-electron chi connectivity index (χ4n) is 1.91. The van der Waals surface area contributed by atoms with E-state index in [1.54, 1.807) is 0 Å². The van der Waals surface area contributed by atoms with E-state index in [1.807, 2.05) is 14.1 Å². The number of piperazine rings is 1. The van der Waals surface area contributed by atoms with Crippen molar-refractivity contribution in [1.29, 1.82) is 0 Å². The van der Waals surface area contributed by atoms with Crippen molar-refractivity contribution in [2.75, 3.05) is 27.2 Å². The summed E-state index contributed by atoms with van der Waals surface area (Å²) in [6.45, 7) is 4.00. The maximum Gasteiger partial charge on any atom is 0.304 e. The number of aliphatic carboxylic acids is 1. The van der Waals surface area contributed by atoms with E-state index in [-0.39, 0.29) is 12.5 Å². The van der Waals surface area contributed by atoms with Crippen molar-refractivity contribution in [2.24, 2.45) is 0 Å². The van der Waals surface area contributed by atoms with Gasteiger partial charge in [-0.05, 0) is 21.0 Å². The van der Waals surface area contributed by atoms with E-state index in [1.165, 1.54) is 0 Å². The number of hydrogen-bond donors (Lipinski definition) is 1. The van der Waals surface area contributed by atoms with Crippen LogP contribution in [0.1, 0.15) is 13.3 Å². The van der Waals surface area contributed by atoms with Crippen molar-refractivity contribution in [3.63, 3.8) is 0 Å². The summed E-state index contributed by atoms with van der Waals surface area (Å²) >= 11 is 0. The quantitative estimate of drug-likeness (QED) is 0.664. The highest BCUT2D eigenvalue weighted by Crippen LogP contribution is 2.14. The van der Waals surface area contributed by atoms with Crippen LogP contribution in [0.5, 0.6) is 0 Å². The molecule has 1 saturated heterocycles. The first-order valence-electron chi connectivity index (χ1n) is 4.63. The minimum Gasteiger partial charge on any atom is -0.481 e. The second-order valence-electron chi connectivity index (χ2n) is 3.99. The van der Waals surface area contributed by atoms with Crippen molar-refractivity contribution in [1.82, 2.24) is 9.80 Å². The second kappa shape index (κ2) is 4.07. The van der Waals surface area contributed by atoms with Gasteiger partial charge in [-0.2, -0.15) is 0 Å².